The van der Waals surface area contributed by atoms with Gasteiger partial charge in [-0.15, -0.1) is 0 Å². The third-order valence-electron chi connectivity index (χ3n) is 7.30. The fourth-order valence-electron chi connectivity index (χ4n) is 5.12. The van der Waals surface area contributed by atoms with Crippen molar-refractivity contribution < 1.29 is 19.7 Å². The molecule has 0 heterocycles. The standard InChI is InChI=1S/C36H36N2O4/c39-25-31(38(23-28-10-3-1-4-11-28)24-32(40)26-42-33-14-5-2-6-15-33)22-27-18-20-30(21-19-27)37-36(41)35-17-9-13-29-12-7-8-16-34(29)35/h1-21,31-32,39-40H,22-26H2,(H,37,41). The number of aliphatic hydroxyl groups is 2. The zero-order chi connectivity index (χ0) is 29.1. The van der Waals surface area contributed by atoms with Crippen molar-refractivity contribution in [3.8, 4) is 5.75 Å². The number of rotatable bonds is 13. The summed E-state index contributed by atoms with van der Waals surface area (Å²) >= 11 is 0. The number of nitrogens with zero attached hydrogens (tertiary/aromatic N) is 1. The molecule has 0 aliphatic rings. The summed E-state index contributed by atoms with van der Waals surface area (Å²) in [5.74, 6) is 0.547. The van der Waals surface area contributed by atoms with Gasteiger partial charge in [-0.25, -0.2) is 0 Å². The van der Waals surface area contributed by atoms with Crippen LogP contribution < -0.4 is 10.1 Å². The van der Waals surface area contributed by atoms with Crippen molar-refractivity contribution in [3.05, 3.63) is 144 Å². The molecule has 6 nitrogen and oxygen atoms in total. The molecular weight excluding hydrogens is 524 g/mol. The summed E-state index contributed by atoms with van der Waals surface area (Å²) in [6.45, 7) is 0.997. The van der Waals surface area contributed by atoms with Crippen LogP contribution in [0.5, 0.6) is 5.75 Å². The van der Waals surface area contributed by atoms with Crippen LogP contribution in [0, 0.1) is 0 Å². The minimum atomic E-state index is -0.741. The molecule has 5 aromatic carbocycles. The second-order valence-electron chi connectivity index (χ2n) is 10.4. The minimum Gasteiger partial charge on any atom is -0.491 e. The number of aliphatic hydroxyl groups excluding tert-OH is 2. The SMILES string of the molecule is O=C(Nc1ccc(CC(CO)N(Cc2ccccc2)CC(O)COc2ccccc2)cc1)c1cccc2ccccc12. The molecular formula is C36H36N2O4. The largest absolute Gasteiger partial charge is 0.491 e. The maximum Gasteiger partial charge on any atom is 0.256 e. The molecule has 2 atom stereocenters. The lowest BCUT2D eigenvalue weighted by Gasteiger charge is -2.32. The zero-order valence-electron chi connectivity index (χ0n) is 23.5. The monoisotopic (exact) mass is 560 g/mol. The van der Waals surface area contributed by atoms with Crippen molar-refractivity contribution in [2.24, 2.45) is 0 Å². The summed E-state index contributed by atoms with van der Waals surface area (Å²) in [5, 5.41) is 26.2. The highest BCUT2D eigenvalue weighted by atomic mass is 16.5. The smallest absolute Gasteiger partial charge is 0.256 e. The molecule has 5 aromatic rings. The Morgan fingerprint density at radius 1 is 0.762 bits per heavy atom. The van der Waals surface area contributed by atoms with Gasteiger partial charge in [-0.05, 0) is 58.7 Å². The summed E-state index contributed by atoms with van der Waals surface area (Å²) in [5.41, 5.74) is 3.44. The molecule has 0 radical (unpaired) electrons. The maximum atomic E-state index is 13.1. The van der Waals surface area contributed by atoms with Crippen LogP contribution in [0.4, 0.5) is 5.69 Å². The Kier molecular flexibility index (Phi) is 9.96. The van der Waals surface area contributed by atoms with Crippen molar-refractivity contribution in [1.29, 1.82) is 0 Å². The minimum absolute atomic E-state index is 0.0708. The fourth-order valence-corrected chi connectivity index (χ4v) is 5.12. The van der Waals surface area contributed by atoms with Gasteiger partial charge in [0.15, 0.2) is 0 Å². The molecule has 3 N–H and O–H groups in total. The molecule has 2 unspecified atom stereocenters. The predicted molar refractivity (Wildman–Crippen MR) is 168 cm³/mol. The number of carbonyl (C=O) groups is 1. The molecule has 5 rings (SSSR count). The van der Waals surface area contributed by atoms with Crippen LogP contribution >= 0.6 is 0 Å². The molecule has 0 aliphatic carbocycles. The maximum absolute atomic E-state index is 13.1. The molecule has 0 spiro atoms. The lowest BCUT2D eigenvalue weighted by molar-refractivity contribution is 0.0335. The van der Waals surface area contributed by atoms with Crippen molar-refractivity contribution in [3.63, 3.8) is 0 Å². The first-order valence-electron chi connectivity index (χ1n) is 14.2. The summed E-state index contributed by atoms with van der Waals surface area (Å²) in [6, 6.07) is 40.5. The van der Waals surface area contributed by atoms with Gasteiger partial charge in [-0.2, -0.15) is 0 Å². The van der Waals surface area contributed by atoms with Crippen LogP contribution in [0.2, 0.25) is 0 Å². The summed E-state index contributed by atoms with van der Waals surface area (Å²) < 4.78 is 5.78. The van der Waals surface area contributed by atoms with E-state index in [-0.39, 0.29) is 25.2 Å². The van der Waals surface area contributed by atoms with Crippen LogP contribution in [-0.4, -0.2) is 52.9 Å². The quantitative estimate of drug-likeness (QED) is 0.166. The van der Waals surface area contributed by atoms with E-state index in [1.54, 1.807) is 0 Å². The van der Waals surface area contributed by atoms with E-state index in [1.807, 2.05) is 127 Å². The Hall–Kier alpha value is -4.49. The average molecular weight is 561 g/mol. The number of amides is 1. The van der Waals surface area contributed by atoms with Crippen LogP contribution in [0.3, 0.4) is 0 Å². The first-order valence-corrected chi connectivity index (χ1v) is 14.2. The summed E-state index contributed by atoms with van der Waals surface area (Å²) in [4.78, 5) is 15.2. The van der Waals surface area contributed by atoms with E-state index < -0.39 is 6.10 Å². The number of fused-ring (bicyclic) bond motifs is 1. The summed E-state index contributed by atoms with van der Waals surface area (Å²) in [7, 11) is 0. The molecule has 214 valence electrons. The first kappa shape index (κ1) is 29.0. The number of anilines is 1. The Morgan fingerprint density at radius 2 is 1.43 bits per heavy atom. The van der Waals surface area contributed by atoms with Crippen LogP contribution in [0.1, 0.15) is 21.5 Å². The van der Waals surface area contributed by atoms with Gasteiger partial charge in [-0.3, -0.25) is 9.69 Å². The number of nitrogens with one attached hydrogen (secondary N) is 1. The van der Waals surface area contributed by atoms with Gasteiger partial charge in [0.1, 0.15) is 18.5 Å². The van der Waals surface area contributed by atoms with Crippen LogP contribution in [0.15, 0.2) is 127 Å². The van der Waals surface area contributed by atoms with Crippen LogP contribution in [0.25, 0.3) is 10.8 Å². The normalized spacial score (nSPS) is 12.6. The third kappa shape index (κ3) is 7.83. The Bertz CT molecular complexity index is 1550. The number of carbonyl (C=O) groups excluding carboxylic acids is 1. The van der Waals surface area contributed by atoms with E-state index >= 15 is 0 Å². The molecule has 0 saturated carbocycles. The molecule has 0 aliphatic heterocycles. The van der Waals surface area contributed by atoms with E-state index in [0.29, 0.717) is 36.5 Å². The first-order chi connectivity index (χ1) is 20.6. The van der Waals surface area contributed by atoms with Gasteiger partial charge < -0.3 is 20.3 Å². The molecule has 1 amide bonds. The Morgan fingerprint density at radius 3 is 2.17 bits per heavy atom. The van der Waals surface area contributed by atoms with Gasteiger partial charge >= 0.3 is 0 Å². The van der Waals surface area contributed by atoms with Crippen molar-refractivity contribution in [2.45, 2.75) is 25.1 Å². The molecule has 0 bridgehead atoms. The van der Waals surface area contributed by atoms with Gasteiger partial charge in [-0.1, -0.05) is 97.1 Å². The number of ether oxygens (including phenoxy) is 1. The highest BCUT2D eigenvalue weighted by Gasteiger charge is 2.22. The van der Waals surface area contributed by atoms with E-state index in [9.17, 15) is 15.0 Å². The number of hydrogen-bond donors (Lipinski definition) is 3. The Labute approximate surface area is 246 Å². The summed E-state index contributed by atoms with van der Waals surface area (Å²) in [6.07, 6.45) is -0.165. The lowest BCUT2D eigenvalue weighted by atomic mass is 10.0. The Balaban J connectivity index is 1.25. The van der Waals surface area contributed by atoms with Gasteiger partial charge in [0.25, 0.3) is 5.91 Å². The van der Waals surface area contributed by atoms with Gasteiger partial charge in [0.05, 0.1) is 6.61 Å². The molecule has 0 saturated heterocycles. The van der Waals surface area contributed by atoms with Gasteiger partial charge in [0.2, 0.25) is 0 Å². The average Bonchev–Trinajstić information content (AvgIpc) is 3.04. The number of benzene rings is 5. The molecule has 0 aromatic heterocycles. The third-order valence-corrected chi connectivity index (χ3v) is 7.30. The number of para-hydroxylation sites is 1. The topological polar surface area (TPSA) is 82.0 Å². The predicted octanol–water partition coefficient (Wildman–Crippen LogP) is 5.94. The van der Waals surface area contributed by atoms with Crippen molar-refractivity contribution in [2.75, 3.05) is 25.1 Å². The molecule has 0 fully saturated rings. The molecule has 42 heavy (non-hydrogen) atoms. The van der Waals surface area contributed by atoms with Crippen molar-refractivity contribution in [1.82, 2.24) is 4.90 Å². The second kappa shape index (κ2) is 14.4. The van der Waals surface area contributed by atoms with E-state index in [0.717, 1.165) is 21.9 Å². The fraction of sp³-hybridized carbons (Fsp3) is 0.194. The van der Waals surface area contributed by atoms with Crippen LogP contribution in [-0.2, 0) is 13.0 Å². The van der Waals surface area contributed by atoms with Crippen molar-refractivity contribution >= 4 is 22.4 Å². The zero-order valence-corrected chi connectivity index (χ0v) is 23.5. The lowest BCUT2D eigenvalue weighted by Crippen LogP contribution is -2.44. The molecule has 6 heteroatoms. The highest BCUT2D eigenvalue weighted by molar-refractivity contribution is 6.12. The van der Waals surface area contributed by atoms with E-state index in [4.69, 9.17) is 4.74 Å². The van der Waals surface area contributed by atoms with Gasteiger partial charge in [0, 0.05) is 30.4 Å². The van der Waals surface area contributed by atoms with E-state index in [2.05, 4.69) is 10.2 Å². The highest BCUT2D eigenvalue weighted by Crippen LogP contribution is 2.21. The second-order valence-corrected chi connectivity index (χ2v) is 10.4. The number of hydrogen-bond acceptors (Lipinski definition) is 5. The van der Waals surface area contributed by atoms with E-state index in [1.165, 1.54) is 0 Å².